The Balaban J connectivity index is 1.45. The molecule has 0 atom stereocenters. The van der Waals surface area contributed by atoms with E-state index >= 15 is 0 Å². The third-order valence-electron chi connectivity index (χ3n) is 5.81. The van der Waals surface area contributed by atoms with Crippen LogP contribution >= 0.6 is 0 Å². The minimum atomic E-state index is -0.415. The molecule has 2 N–H and O–H groups in total. The predicted octanol–water partition coefficient (Wildman–Crippen LogP) is 4.62. The van der Waals surface area contributed by atoms with E-state index in [0.717, 1.165) is 16.9 Å². The van der Waals surface area contributed by atoms with Gasteiger partial charge in [0.25, 0.3) is 5.91 Å². The Morgan fingerprint density at radius 3 is 2.57 bits per heavy atom. The maximum atomic E-state index is 13.7. The van der Waals surface area contributed by atoms with Crippen LogP contribution in [0.2, 0.25) is 0 Å². The van der Waals surface area contributed by atoms with Crippen molar-refractivity contribution in [3.8, 4) is 0 Å². The number of nitrogens with zero attached hydrogens (tertiary/aromatic N) is 3. The number of imidazole rings is 1. The molecule has 0 spiro atoms. The molecule has 35 heavy (non-hydrogen) atoms. The molecule has 5 rings (SSSR count). The second-order valence-electron chi connectivity index (χ2n) is 8.12. The molecule has 0 unspecified atom stereocenters. The third kappa shape index (κ3) is 4.54. The molecule has 8 heteroatoms. The summed E-state index contributed by atoms with van der Waals surface area (Å²) in [6.45, 7) is 0.190. The summed E-state index contributed by atoms with van der Waals surface area (Å²) in [6.07, 6.45) is 4.97. The molecule has 7 nitrogen and oxygen atoms in total. The summed E-state index contributed by atoms with van der Waals surface area (Å²) in [6, 6.07) is 21.1. The van der Waals surface area contributed by atoms with Crippen molar-refractivity contribution in [3.05, 3.63) is 108 Å². The maximum Gasteiger partial charge on any atom is 0.258 e. The van der Waals surface area contributed by atoms with Crippen molar-refractivity contribution < 1.29 is 14.0 Å². The number of nitrogens with one attached hydrogen (secondary N) is 2. The number of rotatable bonds is 6. The SMILES string of the molecule is CN(C(=O)Cn1ccnc1)c1ccc(NC(=C2C(=O)Nc3cc(F)ccc32)c2ccccc2)cc1. The molecule has 3 aromatic carbocycles. The van der Waals surface area contributed by atoms with E-state index in [9.17, 15) is 14.0 Å². The highest BCUT2D eigenvalue weighted by atomic mass is 19.1. The van der Waals surface area contributed by atoms with Crippen molar-refractivity contribution in [1.82, 2.24) is 9.55 Å². The molecule has 4 aromatic rings. The van der Waals surface area contributed by atoms with Crippen LogP contribution in [0.5, 0.6) is 0 Å². The molecule has 0 aliphatic carbocycles. The fourth-order valence-corrected chi connectivity index (χ4v) is 3.98. The second kappa shape index (κ2) is 9.26. The number of carbonyl (C=O) groups is 2. The van der Waals surface area contributed by atoms with Crippen molar-refractivity contribution in [2.75, 3.05) is 22.6 Å². The first-order chi connectivity index (χ1) is 17.0. The predicted molar refractivity (Wildman–Crippen MR) is 134 cm³/mol. The summed E-state index contributed by atoms with van der Waals surface area (Å²) in [5.41, 5.74) is 4.38. The van der Waals surface area contributed by atoms with Crippen LogP contribution < -0.4 is 15.5 Å². The Kier molecular flexibility index (Phi) is 5.85. The number of hydrogen-bond acceptors (Lipinski definition) is 4. The largest absolute Gasteiger partial charge is 0.354 e. The Morgan fingerprint density at radius 1 is 1.09 bits per heavy atom. The lowest BCUT2D eigenvalue weighted by atomic mass is 10.00. The zero-order valence-electron chi connectivity index (χ0n) is 18.9. The molecular weight excluding hydrogens is 445 g/mol. The lowest BCUT2D eigenvalue weighted by Gasteiger charge is -2.19. The number of amides is 2. The number of fused-ring (bicyclic) bond motifs is 1. The standard InChI is InChI=1S/C27H22FN5O2/c1-32(24(34)16-33-14-13-29-17-33)21-10-8-20(9-11-21)30-26(18-5-3-2-4-6-18)25-22-12-7-19(28)15-23(22)31-27(25)35/h2-15,17,30H,16H2,1H3,(H,31,35). The van der Waals surface area contributed by atoms with Gasteiger partial charge in [0.05, 0.1) is 23.3 Å². The van der Waals surface area contributed by atoms with E-state index < -0.39 is 5.82 Å². The molecule has 0 saturated heterocycles. The Hall–Kier alpha value is -4.72. The number of hydrogen-bond donors (Lipinski definition) is 2. The first-order valence-corrected chi connectivity index (χ1v) is 11.0. The van der Waals surface area contributed by atoms with Gasteiger partial charge in [-0.3, -0.25) is 9.59 Å². The number of benzene rings is 3. The van der Waals surface area contributed by atoms with E-state index in [4.69, 9.17) is 0 Å². The van der Waals surface area contributed by atoms with Crippen LogP contribution in [0.25, 0.3) is 11.3 Å². The second-order valence-corrected chi connectivity index (χ2v) is 8.12. The fourth-order valence-electron chi connectivity index (χ4n) is 3.98. The minimum Gasteiger partial charge on any atom is -0.354 e. The molecule has 1 aliphatic rings. The lowest BCUT2D eigenvalue weighted by molar-refractivity contribution is -0.118. The topological polar surface area (TPSA) is 79.3 Å². The van der Waals surface area contributed by atoms with Gasteiger partial charge in [0, 0.05) is 36.4 Å². The number of carbonyl (C=O) groups excluding carboxylic acids is 2. The van der Waals surface area contributed by atoms with Crippen molar-refractivity contribution in [3.63, 3.8) is 0 Å². The molecule has 0 fully saturated rings. The zero-order valence-corrected chi connectivity index (χ0v) is 18.9. The van der Waals surface area contributed by atoms with E-state index in [1.165, 1.54) is 12.1 Å². The monoisotopic (exact) mass is 467 g/mol. The van der Waals surface area contributed by atoms with Crippen LogP contribution in [-0.4, -0.2) is 28.4 Å². The van der Waals surface area contributed by atoms with Crippen LogP contribution in [-0.2, 0) is 16.1 Å². The van der Waals surface area contributed by atoms with Gasteiger partial charge in [0.1, 0.15) is 12.4 Å². The number of halogens is 1. The van der Waals surface area contributed by atoms with Crippen LogP contribution in [0.4, 0.5) is 21.5 Å². The molecule has 174 valence electrons. The van der Waals surface area contributed by atoms with Crippen LogP contribution in [0.1, 0.15) is 11.1 Å². The van der Waals surface area contributed by atoms with Gasteiger partial charge in [-0.2, -0.15) is 0 Å². The average Bonchev–Trinajstić information content (AvgIpc) is 3.49. The van der Waals surface area contributed by atoms with Gasteiger partial charge < -0.3 is 20.1 Å². The Labute approximate surface area is 201 Å². The molecule has 1 aliphatic heterocycles. The molecule has 0 bridgehead atoms. The lowest BCUT2D eigenvalue weighted by Crippen LogP contribution is -2.29. The van der Waals surface area contributed by atoms with Crippen LogP contribution in [0, 0.1) is 5.82 Å². The van der Waals surface area contributed by atoms with Gasteiger partial charge in [-0.05, 0) is 48.0 Å². The van der Waals surface area contributed by atoms with Crippen molar-refractivity contribution >= 4 is 40.1 Å². The summed E-state index contributed by atoms with van der Waals surface area (Å²) in [5, 5.41) is 6.12. The Morgan fingerprint density at radius 2 is 1.86 bits per heavy atom. The first-order valence-electron chi connectivity index (χ1n) is 11.0. The van der Waals surface area contributed by atoms with E-state index in [1.54, 1.807) is 41.3 Å². The fraction of sp³-hybridized carbons (Fsp3) is 0.0741. The highest BCUT2D eigenvalue weighted by Crippen LogP contribution is 2.38. The highest BCUT2D eigenvalue weighted by Gasteiger charge is 2.28. The first kappa shape index (κ1) is 22.1. The van der Waals surface area contributed by atoms with E-state index in [2.05, 4.69) is 15.6 Å². The summed E-state index contributed by atoms with van der Waals surface area (Å²) >= 11 is 0. The minimum absolute atomic E-state index is 0.0812. The molecule has 0 radical (unpaired) electrons. The highest BCUT2D eigenvalue weighted by molar-refractivity contribution is 6.37. The Bertz CT molecular complexity index is 1410. The van der Waals surface area contributed by atoms with Gasteiger partial charge in [0.15, 0.2) is 0 Å². The number of likely N-dealkylation sites (N-methyl/N-ethyl adjacent to an activating group) is 1. The third-order valence-corrected chi connectivity index (χ3v) is 5.81. The van der Waals surface area contributed by atoms with E-state index in [0.29, 0.717) is 22.5 Å². The number of aromatic nitrogens is 2. The van der Waals surface area contributed by atoms with Gasteiger partial charge in [-0.25, -0.2) is 9.37 Å². The van der Waals surface area contributed by atoms with Gasteiger partial charge in [-0.1, -0.05) is 30.3 Å². The zero-order chi connectivity index (χ0) is 24.4. The quantitative estimate of drug-likeness (QED) is 0.406. The summed E-state index contributed by atoms with van der Waals surface area (Å²) in [4.78, 5) is 31.0. The van der Waals surface area contributed by atoms with Crippen molar-refractivity contribution in [1.29, 1.82) is 0 Å². The van der Waals surface area contributed by atoms with Crippen LogP contribution in [0.3, 0.4) is 0 Å². The summed E-state index contributed by atoms with van der Waals surface area (Å²) < 4.78 is 15.4. The van der Waals surface area contributed by atoms with E-state index in [-0.39, 0.29) is 18.4 Å². The smallest absolute Gasteiger partial charge is 0.258 e. The molecule has 1 aromatic heterocycles. The van der Waals surface area contributed by atoms with Gasteiger partial charge >= 0.3 is 0 Å². The maximum absolute atomic E-state index is 13.7. The number of anilines is 3. The summed E-state index contributed by atoms with van der Waals surface area (Å²) in [7, 11) is 1.72. The van der Waals surface area contributed by atoms with Crippen LogP contribution in [0.15, 0.2) is 91.5 Å². The average molecular weight is 468 g/mol. The van der Waals surface area contributed by atoms with Gasteiger partial charge in [0.2, 0.25) is 5.91 Å². The molecule has 0 saturated carbocycles. The van der Waals surface area contributed by atoms with Crippen molar-refractivity contribution in [2.45, 2.75) is 6.54 Å². The molecular formula is C27H22FN5O2. The normalized spacial score (nSPS) is 13.7. The molecule has 2 heterocycles. The molecule has 2 amide bonds. The van der Waals surface area contributed by atoms with Gasteiger partial charge in [-0.15, -0.1) is 0 Å². The van der Waals surface area contributed by atoms with Crippen molar-refractivity contribution in [2.24, 2.45) is 0 Å². The van der Waals surface area contributed by atoms with E-state index in [1.807, 2.05) is 54.6 Å². The summed E-state index contributed by atoms with van der Waals surface area (Å²) in [5.74, 6) is -0.803.